The lowest BCUT2D eigenvalue weighted by Crippen LogP contribution is -2.05. The second-order valence-corrected chi connectivity index (χ2v) is 4.15. The molecule has 17 heavy (non-hydrogen) atoms. The number of aromatic nitrogens is 2. The molecule has 0 amide bonds. The van der Waals surface area contributed by atoms with E-state index in [0.29, 0.717) is 17.0 Å². The number of rotatable bonds is 3. The average Bonchev–Trinajstić information content (AvgIpc) is 2.33. The van der Waals surface area contributed by atoms with Crippen LogP contribution in [-0.4, -0.2) is 9.97 Å². The molecule has 0 bridgehead atoms. The number of anilines is 2. The minimum Gasteiger partial charge on any atom is -0.472 e. The van der Waals surface area contributed by atoms with Gasteiger partial charge < -0.3 is 16.2 Å². The molecule has 88 valence electrons. The summed E-state index contributed by atoms with van der Waals surface area (Å²) in [4.78, 5) is 7.77. The number of hydrogen-bond donors (Lipinski definition) is 2. The standard InChI is InChI=1S/C11H11BrN4O/c12-8-9(13)15-11(14)16-10(8)17-6-7-4-2-1-3-5-7/h1-5H,6H2,(H4,13,14,15,16). The van der Waals surface area contributed by atoms with E-state index in [9.17, 15) is 0 Å². The first-order valence-electron chi connectivity index (χ1n) is 4.92. The zero-order valence-corrected chi connectivity index (χ0v) is 10.5. The SMILES string of the molecule is Nc1nc(N)c(Br)c(OCc2ccccc2)n1. The molecule has 1 aromatic carbocycles. The molecule has 0 fully saturated rings. The molecule has 0 atom stereocenters. The predicted octanol–water partition coefficient (Wildman–Crippen LogP) is 1.98. The molecule has 0 aliphatic heterocycles. The van der Waals surface area contributed by atoms with Crippen molar-refractivity contribution >= 4 is 27.7 Å². The van der Waals surface area contributed by atoms with Crippen LogP contribution in [0.15, 0.2) is 34.8 Å². The van der Waals surface area contributed by atoms with Gasteiger partial charge in [-0.3, -0.25) is 0 Å². The summed E-state index contributed by atoms with van der Waals surface area (Å²) < 4.78 is 6.04. The second-order valence-electron chi connectivity index (χ2n) is 3.36. The summed E-state index contributed by atoms with van der Waals surface area (Å²) in [6.07, 6.45) is 0. The highest BCUT2D eigenvalue weighted by Gasteiger charge is 2.09. The summed E-state index contributed by atoms with van der Waals surface area (Å²) in [5, 5.41) is 0. The third-order valence-corrected chi connectivity index (χ3v) is 2.83. The van der Waals surface area contributed by atoms with Crippen molar-refractivity contribution in [2.75, 3.05) is 11.5 Å². The number of halogens is 1. The van der Waals surface area contributed by atoms with Gasteiger partial charge in [-0.1, -0.05) is 30.3 Å². The highest BCUT2D eigenvalue weighted by Crippen LogP contribution is 2.28. The molecule has 6 heteroatoms. The summed E-state index contributed by atoms with van der Waals surface area (Å²) in [7, 11) is 0. The van der Waals surface area contributed by atoms with Crippen LogP contribution in [-0.2, 0) is 6.61 Å². The lowest BCUT2D eigenvalue weighted by Gasteiger charge is -2.08. The van der Waals surface area contributed by atoms with Gasteiger partial charge >= 0.3 is 0 Å². The first-order valence-corrected chi connectivity index (χ1v) is 5.71. The van der Waals surface area contributed by atoms with E-state index < -0.39 is 0 Å². The maximum atomic E-state index is 5.63. The first kappa shape index (κ1) is 11.7. The molecular weight excluding hydrogens is 284 g/mol. The van der Waals surface area contributed by atoms with E-state index in [2.05, 4.69) is 25.9 Å². The number of ether oxygens (including phenoxy) is 1. The van der Waals surface area contributed by atoms with Crippen molar-refractivity contribution in [2.24, 2.45) is 0 Å². The van der Waals surface area contributed by atoms with E-state index in [-0.39, 0.29) is 11.8 Å². The number of nitrogen functional groups attached to an aromatic ring is 2. The van der Waals surface area contributed by atoms with E-state index in [0.717, 1.165) is 5.56 Å². The molecule has 0 saturated heterocycles. The van der Waals surface area contributed by atoms with Gasteiger partial charge in [0.25, 0.3) is 0 Å². The van der Waals surface area contributed by atoms with Crippen LogP contribution >= 0.6 is 15.9 Å². The minimum absolute atomic E-state index is 0.0914. The third kappa shape index (κ3) is 2.85. The molecule has 0 saturated carbocycles. The quantitative estimate of drug-likeness (QED) is 0.904. The highest BCUT2D eigenvalue weighted by atomic mass is 79.9. The Balaban J connectivity index is 2.14. The van der Waals surface area contributed by atoms with Crippen molar-refractivity contribution in [3.8, 4) is 5.88 Å². The largest absolute Gasteiger partial charge is 0.472 e. The zero-order chi connectivity index (χ0) is 12.3. The maximum absolute atomic E-state index is 5.63. The Morgan fingerprint density at radius 1 is 1.12 bits per heavy atom. The Bertz CT molecular complexity index is 518. The van der Waals surface area contributed by atoms with Gasteiger partial charge in [0, 0.05) is 0 Å². The smallest absolute Gasteiger partial charge is 0.235 e. The Hall–Kier alpha value is -1.82. The molecule has 5 nitrogen and oxygen atoms in total. The van der Waals surface area contributed by atoms with Gasteiger partial charge in [0.05, 0.1) is 0 Å². The van der Waals surface area contributed by atoms with Gasteiger partial charge in [-0.05, 0) is 21.5 Å². The molecule has 2 aromatic rings. The molecule has 2 rings (SSSR count). The Labute approximate surface area is 107 Å². The van der Waals surface area contributed by atoms with Gasteiger partial charge in [-0.2, -0.15) is 9.97 Å². The summed E-state index contributed by atoms with van der Waals surface area (Å²) in [6, 6.07) is 9.75. The van der Waals surface area contributed by atoms with Crippen LogP contribution in [0.2, 0.25) is 0 Å². The van der Waals surface area contributed by atoms with Gasteiger partial charge in [0.2, 0.25) is 11.8 Å². The minimum atomic E-state index is 0.0914. The molecule has 0 aliphatic carbocycles. The lowest BCUT2D eigenvalue weighted by molar-refractivity contribution is 0.292. The van der Waals surface area contributed by atoms with E-state index in [1.807, 2.05) is 30.3 Å². The van der Waals surface area contributed by atoms with Crippen LogP contribution < -0.4 is 16.2 Å². The number of nitrogens with two attached hydrogens (primary N) is 2. The Kier molecular flexibility index (Phi) is 3.43. The summed E-state index contributed by atoms with van der Waals surface area (Å²) >= 11 is 3.26. The van der Waals surface area contributed by atoms with Crippen molar-refractivity contribution < 1.29 is 4.74 Å². The van der Waals surface area contributed by atoms with E-state index in [1.165, 1.54) is 0 Å². The summed E-state index contributed by atoms with van der Waals surface area (Å²) in [6.45, 7) is 0.398. The Morgan fingerprint density at radius 3 is 2.53 bits per heavy atom. The predicted molar refractivity (Wildman–Crippen MR) is 69.3 cm³/mol. The maximum Gasteiger partial charge on any atom is 0.235 e. The average molecular weight is 295 g/mol. The van der Waals surface area contributed by atoms with Crippen LogP contribution in [0, 0.1) is 0 Å². The van der Waals surface area contributed by atoms with Crippen molar-refractivity contribution in [1.29, 1.82) is 0 Å². The molecule has 0 unspecified atom stereocenters. The van der Waals surface area contributed by atoms with E-state index >= 15 is 0 Å². The van der Waals surface area contributed by atoms with Crippen molar-refractivity contribution in [3.63, 3.8) is 0 Å². The molecule has 1 aromatic heterocycles. The molecule has 0 aliphatic rings. The number of nitrogens with zero attached hydrogens (tertiary/aromatic N) is 2. The van der Waals surface area contributed by atoms with Crippen LogP contribution in [0.3, 0.4) is 0 Å². The van der Waals surface area contributed by atoms with Crippen LogP contribution in [0.25, 0.3) is 0 Å². The first-order chi connectivity index (χ1) is 8.16. The van der Waals surface area contributed by atoms with Crippen LogP contribution in [0.4, 0.5) is 11.8 Å². The van der Waals surface area contributed by atoms with Crippen LogP contribution in [0.5, 0.6) is 5.88 Å². The topological polar surface area (TPSA) is 87.0 Å². The number of hydrogen-bond acceptors (Lipinski definition) is 5. The van der Waals surface area contributed by atoms with Gasteiger partial charge in [0.1, 0.15) is 16.9 Å². The van der Waals surface area contributed by atoms with Gasteiger partial charge in [0.15, 0.2) is 0 Å². The van der Waals surface area contributed by atoms with Gasteiger partial charge in [-0.25, -0.2) is 0 Å². The molecule has 0 spiro atoms. The zero-order valence-electron chi connectivity index (χ0n) is 8.93. The Morgan fingerprint density at radius 2 is 1.82 bits per heavy atom. The summed E-state index contributed by atoms with van der Waals surface area (Å²) in [5.74, 6) is 0.702. The third-order valence-electron chi connectivity index (χ3n) is 2.08. The van der Waals surface area contributed by atoms with Crippen molar-refractivity contribution in [2.45, 2.75) is 6.61 Å². The molecule has 1 heterocycles. The fourth-order valence-electron chi connectivity index (χ4n) is 1.28. The molecule has 4 N–H and O–H groups in total. The number of benzene rings is 1. The van der Waals surface area contributed by atoms with Gasteiger partial charge in [-0.15, -0.1) is 0 Å². The highest BCUT2D eigenvalue weighted by molar-refractivity contribution is 9.10. The summed E-state index contributed by atoms with van der Waals surface area (Å²) in [5.41, 5.74) is 12.2. The van der Waals surface area contributed by atoms with Crippen molar-refractivity contribution in [3.05, 3.63) is 40.4 Å². The normalized spacial score (nSPS) is 10.2. The fraction of sp³-hybridized carbons (Fsp3) is 0.0909. The van der Waals surface area contributed by atoms with E-state index in [4.69, 9.17) is 16.2 Å². The second kappa shape index (κ2) is 5.01. The monoisotopic (exact) mass is 294 g/mol. The fourth-order valence-corrected chi connectivity index (χ4v) is 1.57. The molecular formula is C11H11BrN4O. The van der Waals surface area contributed by atoms with E-state index in [1.54, 1.807) is 0 Å². The van der Waals surface area contributed by atoms with Crippen LogP contribution in [0.1, 0.15) is 5.56 Å². The van der Waals surface area contributed by atoms with Crippen molar-refractivity contribution in [1.82, 2.24) is 9.97 Å². The molecule has 0 radical (unpaired) electrons. The lowest BCUT2D eigenvalue weighted by atomic mass is 10.2.